The first-order valence-electron chi connectivity index (χ1n) is 7.99. The summed E-state index contributed by atoms with van der Waals surface area (Å²) in [5, 5.41) is 12.3. The molecule has 1 aliphatic carbocycles. The van der Waals surface area contributed by atoms with Crippen molar-refractivity contribution < 1.29 is 19.3 Å². The normalized spacial score (nSPS) is 30.3. The van der Waals surface area contributed by atoms with Crippen LogP contribution in [0.1, 0.15) is 20.3 Å². The molecule has 1 aromatic rings. The second-order valence-electron chi connectivity index (χ2n) is 6.43. The number of nitrogens with two attached hydrogens (primary N) is 2. The summed E-state index contributed by atoms with van der Waals surface area (Å²) < 4.78 is 17.7. The molecule has 140 valence electrons. The van der Waals surface area contributed by atoms with E-state index in [4.69, 9.17) is 42.5 Å². The van der Waals surface area contributed by atoms with E-state index in [2.05, 4.69) is 20.7 Å². The molecule has 10 nitrogen and oxygen atoms in total. The van der Waals surface area contributed by atoms with Crippen molar-refractivity contribution >= 4 is 28.9 Å². The number of hydrogen-bond acceptors (Lipinski definition) is 10. The molecule has 1 saturated heterocycles. The second kappa shape index (κ2) is 7.06. The number of nitrogens with one attached hydrogen (secondary N) is 2. The monoisotopic (exact) mass is 374 g/mol. The van der Waals surface area contributed by atoms with Crippen LogP contribution in [0.5, 0.6) is 0 Å². The molecule has 4 atom stereocenters. The van der Waals surface area contributed by atoms with Crippen molar-refractivity contribution in [3.05, 3.63) is 5.28 Å². The molecule has 11 heteroatoms. The van der Waals surface area contributed by atoms with Gasteiger partial charge in [-0.1, -0.05) is 0 Å². The Morgan fingerprint density at radius 3 is 2.76 bits per heavy atom. The van der Waals surface area contributed by atoms with Gasteiger partial charge in [0.15, 0.2) is 17.4 Å². The highest BCUT2D eigenvalue weighted by Crippen LogP contribution is 2.41. The molecule has 2 fully saturated rings. The van der Waals surface area contributed by atoms with Crippen molar-refractivity contribution in [1.82, 2.24) is 9.97 Å². The number of anilines is 3. The number of nitrogen functional groups attached to an aromatic ring is 2. The number of nitrogens with zero attached hydrogens (tertiary/aromatic N) is 2. The molecule has 7 N–H and O–H groups in total. The molecular formula is C14H23ClN6O4. The van der Waals surface area contributed by atoms with E-state index in [0.29, 0.717) is 17.9 Å². The first-order chi connectivity index (χ1) is 11.8. The largest absolute Gasteiger partial charge is 0.394 e. The number of halogens is 1. The maximum absolute atomic E-state index is 9.02. The molecule has 1 saturated carbocycles. The lowest BCUT2D eigenvalue weighted by Gasteiger charge is -2.25. The van der Waals surface area contributed by atoms with E-state index >= 15 is 0 Å². The van der Waals surface area contributed by atoms with Crippen LogP contribution in [0.4, 0.5) is 17.3 Å². The molecule has 3 rings (SSSR count). The Kier molecular flexibility index (Phi) is 5.19. The minimum atomic E-state index is -0.728. The standard InChI is InChI=1S/C14H23ClN6O4/c1-14(2)24-9-6(5-7(10(9)25-14)23-4-3-22)18-12-8(21-17)11(16)19-13(15)20-12/h6-7,9-10,21-22H,3-5,17H2,1-2H3,(H3,16,18,19,20). The van der Waals surface area contributed by atoms with Gasteiger partial charge < -0.3 is 35.8 Å². The fourth-order valence-electron chi connectivity index (χ4n) is 3.31. The summed E-state index contributed by atoms with van der Waals surface area (Å²) in [5.74, 6) is 5.30. The SMILES string of the molecule is CC1(C)OC2C(Nc3nc(Cl)nc(N)c3NN)CC(OCCO)C2O1. The van der Waals surface area contributed by atoms with Gasteiger partial charge in [0.05, 0.1) is 25.4 Å². The molecule has 2 heterocycles. The summed E-state index contributed by atoms with van der Waals surface area (Å²) in [7, 11) is 0. The molecule has 0 amide bonds. The van der Waals surface area contributed by atoms with E-state index in [1.807, 2.05) is 13.8 Å². The topological polar surface area (TPSA) is 150 Å². The van der Waals surface area contributed by atoms with Crippen LogP contribution in [0.3, 0.4) is 0 Å². The summed E-state index contributed by atoms with van der Waals surface area (Å²) in [6, 6.07) is -0.173. The van der Waals surface area contributed by atoms with Crippen LogP contribution in [-0.2, 0) is 14.2 Å². The first-order valence-corrected chi connectivity index (χ1v) is 8.36. The number of ether oxygens (including phenoxy) is 3. The van der Waals surface area contributed by atoms with E-state index in [1.165, 1.54) is 0 Å². The molecule has 25 heavy (non-hydrogen) atoms. The van der Waals surface area contributed by atoms with Gasteiger partial charge in [-0.15, -0.1) is 0 Å². The Morgan fingerprint density at radius 2 is 2.08 bits per heavy atom. The van der Waals surface area contributed by atoms with Crippen molar-refractivity contribution in [3.8, 4) is 0 Å². The third-order valence-corrected chi connectivity index (χ3v) is 4.38. The molecule has 1 aliphatic heterocycles. The fourth-order valence-corrected chi connectivity index (χ4v) is 3.49. The van der Waals surface area contributed by atoms with E-state index in [9.17, 15) is 0 Å². The van der Waals surface area contributed by atoms with Gasteiger partial charge in [-0.3, -0.25) is 5.84 Å². The van der Waals surface area contributed by atoms with Gasteiger partial charge in [0.2, 0.25) is 5.28 Å². The summed E-state index contributed by atoms with van der Waals surface area (Å²) in [6.07, 6.45) is -0.153. The minimum absolute atomic E-state index is 0.00514. The van der Waals surface area contributed by atoms with Crippen molar-refractivity contribution in [3.63, 3.8) is 0 Å². The highest BCUT2D eigenvalue weighted by Gasteiger charge is 2.54. The lowest BCUT2D eigenvalue weighted by Crippen LogP contribution is -2.35. The Morgan fingerprint density at radius 1 is 1.36 bits per heavy atom. The van der Waals surface area contributed by atoms with Crippen molar-refractivity contribution in [1.29, 1.82) is 0 Å². The number of fused-ring (bicyclic) bond motifs is 1. The molecule has 4 unspecified atom stereocenters. The molecule has 1 aromatic heterocycles. The Labute approximate surface area is 150 Å². The first kappa shape index (κ1) is 18.4. The summed E-state index contributed by atoms with van der Waals surface area (Å²) in [5.41, 5.74) is 8.65. The zero-order valence-electron chi connectivity index (χ0n) is 14.0. The van der Waals surface area contributed by atoms with Crippen LogP contribution in [0.15, 0.2) is 0 Å². The van der Waals surface area contributed by atoms with Crippen molar-refractivity contribution in [2.75, 3.05) is 29.7 Å². The molecule has 0 spiro atoms. The van der Waals surface area contributed by atoms with Crippen LogP contribution in [-0.4, -0.2) is 58.4 Å². The highest BCUT2D eigenvalue weighted by atomic mass is 35.5. The number of hydrogen-bond donors (Lipinski definition) is 5. The van der Waals surface area contributed by atoms with E-state index < -0.39 is 5.79 Å². The van der Waals surface area contributed by atoms with Crippen LogP contribution >= 0.6 is 11.6 Å². The molecule has 0 bridgehead atoms. The maximum atomic E-state index is 9.02. The third-order valence-electron chi connectivity index (χ3n) is 4.21. The predicted octanol–water partition coefficient (Wildman–Crippen LogP) is 0.0796. The zero-order chi connectivity index (χ0) is 18.2. The minimum Gasteiger partial charge on any atom is -0.394 e. The summed E-state index contributed by atoms with van der Waals surface area (Å²) in [6.45, 7) is 3.86. The highest BCUT2D eigenvalue weighted by molar-refractivity contribution is 6.28. The smallest absolute Gasteiger partial charge is 0.226 e. The fraction of sp³-hybridized carbons (Fsp3) is 0.714. The third kappa shape index (κ3) is 3.73. The Bertz CT molecular complexity index is 634. The van der Waals surface area contributed by atoms with E-state index in [1.54, 1.807) is 0 Å². The molecular weight excluding hydrogens is 352 g/mol. The average molecular weight is 375 g/mol. The van der Waals surface area contributed by atoms with Crippen molar-refractivity contribution in [2.45, 2.75) is 50.4 Å². The predicted molar refractivity (Wildman–Crippen MR) is 91.9 cm³/mol. The number of rotatable bonds is 6. The van der Waals surface area contributed by atoms with E-state index in [-0.39, 0.29) is 48.7 Å². The number of aliphatic hydroxyl groups is 1. The Balaban J connectivity index is 1.82. The Hall–Kier alpha value is -1.43. The lowest BCUT2D eigenvalue weighted by atomic mass is 10.2. The summed E-state index contributed by atoms with van der Waals surface area (Å²) in [4.78, 5) is 8.02. The van der Waals surface area contributed by atoms with Crippen LogP contribution in [0, 0.1) is 0 Å². The average Bonchev–Trinajstić information content (AvgIpc) is 2.99. The van der Waals surface area contributed by atoms with Crippen LogP contribution in [0.25, 0.3) is 0 Å². The van der Waals surface area contributed by atoms with E-state index in [0.717, 1.165) is 0 Å². The van der Waals surface area contributed by atoms with Crippen LogP contribution < -0.4 is 22.3 Å². The van der Waals surface area contributed by atoms with Gasteiger partial charge in [0, 0.05) is 0 Å². The summed E-state index contributed by atoms with van der Waals surface area (Å²) >= 11 is 5.90. The zero-order valence-corrected chi connectivity index (χ0v) is 14.8. The van der Waals surface area contributed by atoms with Gasteiger partial charge in [0.25, 0.3) is 0 Å². The van der Waals surface area contributed by atoms with Gasteiger partial charge in [0.1, 0.15) is 17.9 Å². The molecule has 2 aliphatic rings. The van der Waals surface area contributed by atoms with Gasteiger partial charge in [-0.2, -0.15) is 9.97 Å². The number of aromatic nitrogens is 2. The number of aliphatic hydroxyl groups excluding tert-OH is 1. The molecule has 0 radical (unpaired) electrons. The second-order valence-corrected chi connectivity index (χ2v) is 6.77. The van der Waals surface area contributed by atoms with Gasteiger partial charge >= 0.3 is 0 Å². The van der Waals surface area contributed by atoms with Crippen LogP contribution in [0.2, 0.25) is 5.28 Å². The van der Waals surface area contributed by atoms with Crippen molar-refractivity contribution in [2.24, 2.45) is 5.84 Å². The van der Waals surface area contributed by atoms with Gasteiger partial charge in [-0.05, 0) is 31.9 Å². The molecule has 0 aromatic carbocycles. The number of hydrazine groups is 1. The lowest BCUT2D eigenvalue weighted by molar-refractivity contribution is -0.167. The maximum Gasteiger partial charge on any atom is 0.226 e. The van der Waals surface area contributed by atoms with Gasteiger partial charge in [-0.25, -0.2) is 0 Å². The quantitative estimate of drug-likeness (QED) is 0.263.